The first-order valence-corrected chi connectivity index (χ1v) is 23.7. The van der Waals surface area contributed by atoms with E-state index in [9.17, 15) is 9.59 Å². The summed E-state index contributed by atoms with van der Waals surface area (Å²) in [5, 5.41) is 0. The molecule has 0 spiro atoms. The van der Waals surface area contributed by atoms with Crippen LogP contribution < -0.4 is 0 Å². The Bertz CT molecular complexity index is 591. The standard InChI is InChI=1S/C42H82O4S2/c1-3-5-7-9-11-13-15-17-19-21-23-25-27-29-31-33-37-45-41(43)35-39-47-48-40-36-42(44)46-38-34-32-30-28-26-24-22-20-18-16-14-12-10-8-6-4-2/h3-40H2,1-2H3. The Kier molecular flexibility index (Phi) is 42.5. The minimum absolute atomic E-state index is 0.0951. The van der Waals surface area contributed by atoms with Gasteiger partial charge in [0.1, 0.15) is 0 Å². The van der Waals surface area contributed by atoms with Crippen LogP contribution in [0, 0.1) is 0 Å². The van der Waals surface area contributed by atoms with Gasteiger partial charge in [-0.15, -0.1) is 0 Å². The molecule has 0 saturated heterocycles. The van der Waals surface area contributed by atoms with Crippen LogP contribution in [0.15, 0.2) is 0 Å². The molecule has 0 aliphatic rings. The predicted molar refractivity (Wildman–Crippen MR) is 215 cm³/mol. The molecule has 0 rings (SSSR count). The number of hydrogen-bond acceptors (Lipinski definition) is 6. The molecule has 286 valence electrons. The molecule has 0 aliphatic heterocycles. The summed E-state index contributed by atoms with van der Waals surface area (Å²) in [6.07, 6.45) is 44.0. The normalized spacial score (nSPS) is 11.3. The van der Waals surface area contributed by atoms with Crippen LogP contribution in [-0.2, 0) is 19.1 Å². The third-order valence-electron chi connectivity index (χ3n) is 9.38. The summed E-state index contributed by atoms with van der Waals surface area (Å²) in [5.41, 5.74) is 0. The highest BCUT2D eigenvalue weighted by molar-refractivity contribution is 8.76. The molecular weight excluding hydrogens is 633 g/mol. The van der Waals surface area contributed by atoms with Crippen LogP contribution in [0.1, 0.15) is 232 Å². The van der Waals surface area contributed by atoms with Crippen LogP contribution in [-0.4, -0.2) is 36.7 Å². The van der Waals surface area contributed by atoms with E-state index in [4.69, 9.17) is 9.47 Å². The fraction of sp³-hybridized carbons (Fsp3) is 0.952. The van der Waals surface area contributed by atoms with Crippen molar-refractivity contribution in [2.45, 2.75) is 232 Å². The second kappa shape index (κ2) is 42.8. The number of carbonyl (C=O) groups excluding carboxylic acids is 2. The molecule has 0 aromatic rings. The van der Waals surface area contributed by atoms with Gasteiger partial charge in [-0.2, -0.15) is 0 Å². The molecule has 48 heavy (non-hydrogen) atoms. The molecule has 0 unspecified atom stereocenters. The topological polar surface area (TPSA) is 52.6 Å². The molecule has 0 N–H and O–H groups in total. The van der Waals surface area contributed by atoms with Crippen molar-refractivity contribution < 1.29 is 19.1 Å². The lowest BCUT2D eigenvalue weighted by Gasteiger charge is -2.06. The van der Waals surface area contributed by atoms with Crippen molar-refractivity contribution in [3.8, 4) is 0 Å². The number of rotatable bonds is 41. The second-order valence-corrected chi connectivity index (χ2v) is 16.9. The number of hydrogen-bond donors (Lipinski definition) is 0. The maximum absolute atomic E-state index is 12.0. The SMILES string of the molecule is CCCCCCCCCCCCCCCCCCOC(=O)CCSSCCC(=O)OCCCCCCCCCCCCCCCCCC. The van der Waals surface area contributed by atoms with Crippen molar-refractivity contribution in [1.82, 2.24) is 0 Å². The van der Waals surface area contributed by atoms with E-state index in [0.29, 0.717) is 26.1 Å². The molecule has 0 atom stereocenters. The van der Waals surface area contributed by atoms with Crippen molar-refractivity contribution in [3.63, 3.8) is 0 Å². The molecule has 0 saturated carbocycles. The van der Waals surface area contributed by atoms with Crippen molar-refractivity contribution in [3.05, 3.63) is 0 Å². The van der Waals surface area contributed by atoms with Gasteiger partial charge in [-0.3, -0.25) is 9.59 Å². The second-order valence-electron chi connectivity index (χ2n) is 14.2. The first-order chi connectivity index (χ1) is 23.7. The number of unbranched alkanes of at least 4 members (excludes halogenated alkanes) is 30. The zero-order chi connectivity index (χ0) is 34.9. The van der Waals surface area contributed by atoms with E-state index < -0.39 is 0 Å². The molecule has 0 radical (unpaired) electrons. The molecular formula is C42H82O4S2. The van der Waals surface area contributed by atoms with Crippen LogP contribution in [0.25, 0.3) is 0 Å². The zero-order valence-electron chi connectivity index (χ0n) is 32.3. The van der Waals surface area contributed by atoms with Gasteiger partial charge in [-0.1, -0.05) is 228 Å². The summed E-state index contributed by atoms with van der Waals surface area (Å²) in [4.78, 5) is 23.9. The van der Waals surface area contributed by atoms with E-state index >= 15 is 0 Å². The maximum Gasteiger partial charge on any atom is 0.306 e. The Morgan fingerprint density at radius 1 is 0.333 bits per heavy atom. The highest BCUT2D eigenvalue weighted by Gasteiger charge is 2.06. The van der Waals surface area contributed by atoms with Gasteiger partial charge < -0.3 is 9.47 Å². The highest BCUT2D eigenvalue weighted by Crippen LogP contribution is 2.23. The molecule has 0 amide bonds. The summed E-state index contributed by atoms with van der Waals surface area (Å²) in [6, 6.07) is 0. The van der Waals surface area contributed by atoms with E-state index in [0.717, 1.165) is 37.2 Å². The van der Waals surface area contributed by atoms with E-state index in [1.165, 1.54) is 180 Å². The van der Waals surface area contributed by atoms with Crippen LogP contribution in [0.5, 0.6) is 0 Å². The molecule has 0 bridgehead atoms. The molecule has 0 aromatic heterocycles. The predicted octanol–water partition coefficient (Wildman–Crippen LogP) is 14.8. The van der Waals surface area contributed by atoms with Crippen molar-refractivity contribution in [2.24, 2.45) is 0 Å². The largest absolute Gasteiger partial charge is 0.466 e. The molecule has 0 aliphatic carbocycles. The van der Waals surface area contributed by atoms with E-state index in [1.54, 1.807) is 21.6 Å². The van der Waals surface area contributed by atoms with Crippen LogP contribution in [0.2, 0.25) is 0 Å². The summed E-state index contributed by atoms with van der Waals surface area (Å²) < 4.78 is 10.8. The number of carbonyl (C=O) groups is 2. The quantitative estimate of drug-likeness (QED) is 0.0357. The van der Waals surface area contributed by atoms with Gasteiger partial charge >= 0.3 is 11.9 Å². The first-order valence-electron chi connectivity index (χ1n) is 21.3. The Labute approximate surface area is 308 Å². The van der Waals surface area contributed by atoms with Crippen LogP contribution in [0.4, 0.5) is 0 Å². The van der Waals surface area contributed by atoms with Gasteiger partial charge in [0, 0.05) is 11.5 Å². The maximum atomic E-state index is 12.0. The average molecular weight is 715 g/mol. The van der Waals surface area contributed by atoms with E-state index in [1.807, 2.05) is 0 Å². The van der Waals surface area contributed by atoms with Crippen molar-refractivity contribution in [2.75, 3.05) is 24.7 Å². The fourth-order valence-corrected chi connectivity index (χ4v) is 8.13. The number of esters is 2. The number of ether oxygens (including phenoxy) is 2. The molecule has 0 heterocycles. The molecule has 6 heteroatoms. The minimum Gasteiger partial charge on any atom is -0.466 e. The minimum atomic E-state index is -0.0951. The summed E-state index contributed by atoms with van der Waals surface area (Å²) in [7, 11) is 3.30. The zero-order valence-corrected chi connectivity index (χ0v) is 34.0. The molecule has 4 nitrogen and oxygen atoms in total. The van der Waals surface area contributed by atoms with E-state index in [2.05, 4.69) is 13.8 Å². The van der Waals surface area contributed by atoms with E-state index in [-0.39, 0.29) is 11.9 Å². The van der Waals surface area contributed by atoms with Gasteiger partial charge in [-0.25, -0.2) is 0 Å². The van der Waals surface area contributed by atoms with Crippen molar-refractivity contribution in [1.29, 1.82) is 0 Å². The molecule has 0 aromatic carbocycles. The van der Waals surface area contributed by atoms with Crippen molar-refractivity contribution >= 4 is 33.5 Å². The Balaban J connectivity index is 3.24. The Morgan fingerprint density at radius 2 is 0.542 bits per heavy atom. The summed E-state index contributed by atoms with van der Waals surface area (Å²) >= 11 is 0. The summed E-state index contributed by atoms with van der Waals surface area (Å²) in [6.45, 7) is 5.68. The summed E-state index contributed by atoms with van der Waals surface area (Å²) in [5.74, 6) is 1.28. The van der Waals surface area contributed by atoms with Gasteiger partial charge in [0.05, 0.1) is 26.1 Å². The molecule has 0 fully saturated rings. The fourth-order valence-electron chi connectivity index (χ4n) is 6.18. The van der Waals surface area contributed by atoms with Crippen LogP contribution >= 0.6 is 21.6 Å². The van der Waals surface area contributed by atoms with Gasteiger partial charge in [0.25, 0.3) is 0 Å². The van der Waals surface area contributed by atoms with Gasteiger partial charge in [0.15, 0.2) is 0 Å². The Morgan fingerprint density at radius 3 is 0.771 bits per heavy atom. The van der Waals surface area contributed by atoms with Crippen LogP contribution in [0.3, 0.4) is 0 Å². The van der Waals surface area contributed by atoms with Gasteiger partial charge in [-0.05, 0) is 12.8 Å². The van der Waals surface area contributed by atoms with Gasteiger partial charge in [0.2, 0.25) is 0 Å². The average Bonchev–Trinajstić information content (AvgIpc) is 3.09. The Hall–Kier alpha value is -0.360. The lowest BCUT2D eigenvalue weighted by atomic mass is 10.0. The monoisotopic (exact) mass is 715 g/mol. The third-order valence-corrected chi connectivity index (χ3v) is 11.8. The first kappa shape index (κ1) is 47.6. The smallest absolute Gasteiger partial charge is 0.306 e. The lowest BCUT2D eigenvalue weighted by molar-refractivity contribution is -0.144. The highest BCUT2D eigenvalue weighted by atomic mass is 33.1. The lowest BCUT2D eigenvalue weighted by Crippen LogP contribution is -2.07. The third kappa shape index (κ3) is 41.8.